The highest BCUT2D eigenvalue weighted by Crippen LogP contribution is 2.42. The van der Waals surface area contributed by atoms with Gasteiger partial charge in [0.1, 0.15) is 28.9 Å². The van der Waals surface area contributed by atoms with E-state index in [1.165, 1.54) is 28.8 Å². The smallest absolute Gasteiger partial charge is 0.146 e. The third-order valence-electron chi connectivity index (χ3n) is 8.23. The Morgan fingerprint density at radius 3 is 2.76 bits per heavy atom. The molecule has 6 N–H and O–H groups in total. The van der Waals surface area contributed by atoms with Gasteiger partial charge in [-0.3, -0.25) is 5.10 Å². The van der Waals surface area contributed by atoms with E-state index in [2.05, 4.69) is 66.6 Å². The molecule has 5 aromatic rings. The van der Waals surface area contributed by atoms with Crippen LogP contribution < -0.4 is 16.0 Å². The number of nitrogens with zero attached hydrogens (tertiary/aromatic N) is 6. The third kappa shape index (κ3) is 5.88. The van der Waals surface area contributed by atoms with E-state index in [1.54, 1.807) is 12.4 Å². The van der Waals surface area contributed by atoms with Crippen molar-refractivity contribution in [1.29, 1.82) is 0 Å². The molecular weight excluding hydrogens is 550 g/mol. The number of nitrogen functional groups attached to an aromatic ring is 1. The van der Waals surface area contributed by atoms with E-state index in [0.717, 1.165) is 48.7 Å². The van der Waals surface area contributed by atoms with Crippen LogP contribution in [-0.2, 0) is 6.42 Å². The number of nitrogens with two attached hydrogens (primary N) is 1. The lowest BCUT2D eigenvalue weighted by Crippen LogP contribution is -2.37. The predicted octanol–water partition coefficient (Wildman–Crippen LogP) is 3.18. The van der Waals surface area contributed by atoms with Gasteiger partial charge >= 0.3 is 0 Å². The Morgan fingerprint density at radius 2 is 2.00 bits per heavy atom. The van der Waals surface area contributed by atoms with Crippen LogP contribution in [0.4, 0.5) is 11.5 Å². The molecule has 42 heavy (non-hydrogen) atoms. The summed E-state index contributed by atoms with van der Waals surface area (Å²) in [5.74, 6) is 0.210. The van der Waals surface area contributed by atoms with Crippen molar-refractivity contribution in [1.82, 2.24) is 35.0 Å². The van der Waals surface area contributed by atoms with Gasteiger partial charge in [0.15, 0.2) is 0 Å². The fraction of sp³-hybridized carbons (Fsp3) is 0.400. The number of hydrogen-bond acceptors (Lipinski definition) is 10. The van der Waals surface area contributed by atoms with E-state index in [1.807, 2.05) is 22.3 Å². The number of aromatic amines is 1. The Balaban J connectivity index is 1.12. The summed E-state index contributed by atoms with van der Waals surface area (Å²) in [5.41, 5.74) is 11.3. The number of aliphatic hydroxyl groups is 2. The average molecular weight is 588 g/mol. The highest BCUT2D eigenvalue weighted by Gasteiger charge is 2.44. The normalized spacial score (nSPS) is 20.5. The first-order valence-electron chi connectivity index (χ1n) is 14.4. The van der Waals surface area contributed by atoms with Gasteiger partial charge in [0.05, 0.1) is 29.4 Å². The first-order chi connectivity index (χ1) is 20.5. The standard InChI is InChI=1S/C30H37N9O2S/c1-19-3-5-20(6-4-19)7-9-32-8-2-11-38(22-14-36-37-15-22)16-21-13-24(27(41)26(21)40)39-17-23(30-33-10-12-42-30)25-28(31)34-18-35-29(25)39/h3-6,10,12,14-15,17-18,21,24,26-27,32,40-41H,2,7-9,11,13,16H2,1H3,(H,36,37)(H2,31,34,35)/t21-,24-,26-,27+/m1/s1. The first-order valence-corrected chi connectivity index (χ1v) is 15.2. The summed E-state index contributed by atoms with van der Waals surface area (Å²) in [7, 11) is 0. The number of fused-ring (bicyclic) bond motifs is 1. The van der Waals surface area contributed by atoms with Gasteiger partial charge in [-0.1, -0.05) is 29.8 Å². The van der Waals surface area contributed by atoms with Crippen molar-refractivity contribution in [3.63, 3.8) is 0 Å². The van der Waals surface area contributed by atoms with Crippen LogP contribution in [0.5, 0.6) is 0 Å². The number of anilines is 2. The fourth-order valence-corrected chi connectivity index (χ4v) is 6.62. The topological polar surface area (TPSA) is 154 Å². The molecule has 0 spiro atoms. The van der Waals surface area contributed by atoms with E-state index < -0.39 is 12.2 Å². The van der Waals surface area contributed by atoms with Gasteiger partial charge in [-0.2, -0.15) is 5.10 Å². The second-order valence-electron chi connectivity index (χ2n) is 11.0. The van der Waals surface area contributed by atoms with Gasteiger partial charge in [0, 0.05) is 48.5 Å². The minimum atomic E-state index is -0.958. The van der Waals surface area contributed by atoms with Gasteiger partial charge in [-0.25, -0.2) is 15.0 Å². The number of aliphatic hydroxyl groups excluding tert-OH is 2. The lowest BCUT2D eigenvalue weighted by atomic mass is 10.0. The minimum Gasteiger partial charge on any atom is -0.390 e. The Hall–Kier alpha value is -3.84. The Bertz CT molecular complexity index is 1570. The van der Waals surface area contributed by atoms with Crippen molar-refractivity contribution >= 4 is 33.9 Å². The summed E-state index contributed by atoms with van der Waals surface area (Å²) in [4.78, 5) is 15.4. The summed E-state index contributed by atoms with van der Waals surface area (Å²) >= 11 is 1.51. The molecular formula is C30H37N9O2S. The van der Waals surface area contributed by atoms with E-state index in [9.17, 15) is 10.2 Å². The van der Waals surface area contributed by atoms with Crippen LogP contribution in [0.3, 0.4) is 0 Å². The molecule has 11 nitrogen and oxygen atoms in total. The molecule has 6 rings (SSSR count). The van der Waals surface area contributed by atoms with Crippen LogP contribution in [0.1, 0.15) is 30.0 Å². The van der Waals surface area contributed by atoms with Crippen LogP contribution in [0.2, 0.25) is 0 Å². The largest absolute Gasteiger partial charge is 0.390 e. The van der Waals surface area contributed by atoms with E-state index in [-0.39, 0.29) is 12.0 Å². The molecule has 1 aliphatic rings. The van der Waals surface area contributed by atoms with Crippen LogP contribution >= 0.6 is 11.3 Å². The zero-order valence-corrected chi connectivity index (χ0v) is 24.4. The number of benzene rings is 1. The molecule has 0 aliphatic heterocycles. The summed E-state index contributed by atoms with van der Waals surface area (Å²) in [6.07, 6.45) is 9.46. The van der Waals surface area contributed by atoms with Crippen molar-refractivity contribution < 1.29 is 10.2 Å². The second kappa shape index (κ2) is 12.6. The van der Waals surface area contributed by atoms with Gasteiger partial charge in [0.2, 0.25) is 0 Å². The van der Waals surface area contributed by atoms with Gasteiger partial charge < -0.3 is 30.7 Å². The number of thiazole rings is 1. The van der Waals surface area contributed by atoms with Crippen molar-refractivity contribution in [2.45, 2.75) is 44.4 Å². The van der Waals surface area contributed by atoms with Crippen molar-refractivity contribution in [2.75, 3.05) is 36.8 Å². The molecule has 4 atom stereocenters. The van der Waals surface area contributed by atoms with E-state index >= 15 is 0 Å². The van der Waals surface area contributed by atoms with Crippen LogP contribution in [0.15, 0.2) is 60.8 Å². The second-order valence-corrected chi connectivity index (χ2v) is 11.9. The number of nitrogens with one attached hydrogen (secondary N) is 2. The maximum absolute atomic E-state index is 11.3. The molecule has 220 valence electrons. The quantitative estimate of drug-likeness (QED) is 0.139. The Kier molecular flexibility index (Phi) is 8.47. The van der Waals surface area contributed by atoms with Gasteiger partial charge in [0.25, 0.3) is 0 Å². The van der Waals surface area contributed by atoms with Crippen molar-refractivity contribution in [3.8, 4) is 10.6 Å². The number of hydrogen-bond donors (Lipinski definition) is 5. The zero-order chi connectivity index (χ0) is 29.1. The molecule has 0 saturated heterocycles. The summed E-state index contributed by atoms with van der Waals surface area (Å²) in [5, 5.41) is 36.5. The Labute approximate surface area is 248 Å². The number of H-pyrrole nitrogens is 1. The number of rotatable bonds is 12. The average Bonchev–Trinajstić information content (AvgIpc) is 3.80. The molecule has 0 unspecified atom stereocenters. The number of aryl methyl sites for hydroxylation is 1. The summed E-state index contributed by atoms with van der Waals surface area (Å²) in [6.45, 7) is 5.30. The molecule has 1 fully saturated rings. The van der Waals surface area contributed by atoms with Crippen molar-refractivity contribution in [2.24, 2.45) is 5.92 Å². The molecule has 4 heterocycles. The maximum atomic E-state index is 11.3. The maximum Gasteiger partial charge on any atom is 0.146 e. The molecule has 0 radical (unpaired) electrons. The molecule has 0 bridgehead atoms. The zero-order valence-electron chi connectivity index (χ0n) is 23.6. The summed E-state index contributed by atoms with van der Waals surface area (Å²) < 4.78 is 1.94. The van der Waals surface area contributed by atoms with Crippen LogP contribution in [0.25, 0.3) is 21.6 Å². The first kappa shape index (κ1) is 28.3. The van der Waals surface area contributed by atoms with Crippen molar-refractivity contribution in [3.05, 3.63) is 71.9 Å². The molecule has 1 aromatic carbocycles. The molecule has 1 saturated carbocycles. The SMILES string of the molecule is Cc1ccc(CCNCCCN(C[C@H]2C[C@@H](n3cc(-c4nccs4)c4c(N)ncnc43)[C@H](O)[C@@H]2O)c2cn[nH]c2)cc1. The lowest BCUT2D eigenvalue weighted by Gasteiger charge is -2.28. The van der Waals surface area contributed by atoms with Gasteiger partial charge in [-0.05, 0) is 44.8 Å². The predicted molar refractivity (Wildman–Crippen MR) is 165 cm³/mol. The van der Waals surface area contributed by atoms with Gasteiger partial charge in [-0.15, -0.1) is 11.3 Å². The highest BCUT2D eigenvalue weighted by atomic mass is 32.1. The molecule has 12 heteroatoms. The number of aromatic nitrogens is 6. The molecule has 1 aliphatic carbocycles. The third-order valence-corrected chi connectivity index (χ3v) is 9.03. The molecule has 0 amide bonds. The highest BCUT2D eigenvalue weighted by molar-refractivity contribution is 7.13. The minimum absolute atomic E-state index is 0.158. The fourth-order valence-electron chi connectivity index (χ4n) is 5.97. The lowest BCUT2D eigenvalue weighted by molar-refractivity contribution is 0.00793. The Morgan fingerprint density at radius 1 is 1.14 bits per heavy atom. The van der Waals surface area contributed by atoms with Crippen LogP contribution in [0, 0.1) is 12.8 Å². The molecule has 4 aromatic heterocycles. The summed E-state index contributed by atoms with van der Waals surface area (Å²) in [6, 6.07) is 8.30. The monoisotopic (exact) mass is 587 g/mol. The van der Waals surface area contributed by atoms with E-state index in [0.29, 0.717) is 29.8 Å². The van der Waals surface area contributed by atoms with E-state index in [4.69, 9.17) is 5.73 Å². The van der Waals surface area contributed by atoms with Crippen LogP contribution in [-0.4, -0.2) is 78.3 Å².